The molecule has 8 heteroatoms. The summed E-state index contributed by atoms with van der Waals surface area (Å²) < 4.78 is 5.05. The number of hydrogen-bond acceptors (Lipinski definition) is 6. The number of halogens is 1. The highest BCUT2D eigenvalue weighted by Gasteiger charge is 2.16. The first-order valence-corrected chi connectivity index (χ1v) is 9.88. The van der Waals surface area contributed by atoms with Gasteiger partial charge in [0.2, 0.25) is 0 Å². The van der Waals surface area contributed by atoms with Gasteiger partial charge in [-0.1, -0.05) is 29.8 Å². The summed E-state index contributed by atoms with van der Waals surface area (Å²) in [6.07, 6.45) is 0. The lowest BCUT2D eigenvalue weighted by Crippen LogP contribution is -2.31. The molecule has 1 atom stereocenters. The maximum atomic E-state index is 12.1. The van der Waals surface area contributed by atoms with Gasteiger partial charge in [-0.2, -0.15) is 0 Å². The average molecular weight is 407 g/mol. The van der Waals surface area contributed by atoms with Gasteiger partial charge in [0.25, 0.3) is 5.91 Å². The molecular formula is C18H15ClN2O3S2. The molecule has 26 heavy (non-hydrogen) atoms. The second kappa shape index (κ2) is 8.44. The van der Waals surface area contributed by atoms with Crippen molar-refractivity contribution in [3.8, 4) is 9.88 Å². The Labute approximate surface area is 163 Å². The molecule has 1 N–H and O–H groups in total. The maximum absolute atomic E-state index is 12.1. The zero-order valence-corrected chi connectivity index (χ0v) is 16.2. The van der Waals surface area contributed by atoms with Gasteiger partial charge >= 0.3 is 5.97 Å². The van der Waals surface area contributed by atoms with E-state index in [9.17, 15) is 9.59 Å². The highest BCUT2D eigenvalue weighted by Crippen LogP contribution is 2.27. The summed E-state index contributed by atoms with van der Waals surface area (Å²) >= 11 is 8.86. The van der Waals surface area contributed by atoms with E-state index in [1.165, 1.54) is 11.3 Å². The van der Waals surface area contributed by atoms with Crippen LogP contribution in [0.4, 0.5) is 0 Å². The van der Waals surface area contributed by atoms with Gasteiger partial charge in [-0.05, 0) is 36.1 Å². The number of nitrogens with zero attached hydrogens (tertiary/aromatic N) is 1. The number of nitrogens with one attached hydrogen (secondary N) is 1. The lowest BCUT2D eigenvalue weighted by molar-refractivity contribution is -0.124. The molecule has 0 aliphatic heterocycles. The normalized spacial score (nSPS) is 11.8. The van der Waals surface area contributed by atoms with Crippen molar-refractivity contribution in [2.75, 3.05) is 6.61 Å². The van der Waals surface area contributed by atoms with E-state index in [4.69, 9.17) is 16.3 Å². The van der Waals surface area contributed by atoms with Crippen LogP contribution >= 0.6 is 34.3 Å². The minimum absolute atomic E-state index is 0.203. The second-order valence-electron chi connectivity index (χ2n) is 5.44. The van der Waals surface area contributed by atoms with Gasteiger partial charge in [0.15, 0.2) is 12.3 Å². The lowest BCUT2D eigenvalue weighted by Gasteiger charge is -2.14. The fourth-order valence-corrected chi connectivity index (χ4v) is 4.03. The molecule has 0 spiro atoms. The van der Waals surface area contributed by atoms with Gasteiger partial charge in [0, 0.05) is 10.4 Å². The van der Waals surface area contributed by atoms with Gasteiger partial charge in [-0.25, -0.2) is 9.78 Å². The monoisotopic (exact) mass is 406 g/mol. The van der Waals surface area contributed by atoms with Gasteiger partial charge in [0.05, 0.1) is 10.9 Å². The molecular weight excluding hydrogens is 392 g/mol. The predicted molar refractivity (Wildman–Crippen MR) is 104 cm³/mol. The third-order valence-corrected chi connectivity index (χ3v) is 5.62. The Morgan fingerprint density at radius 2 is 2.12 bits per heavy atom. The standard InChI is InChI=1S/C18H15ClN2O3S2/c1-11(12-4-2-5-13(19)8-12)20-16(22)9-24-18(23)14-10-26-17(21-14)15-6-3-7-25-15/h2-8,10-11H,9H2,1H3,(H,20,22)/t11-/m0/s1. The van der Waals surface area contributed by atoms with Crippen molar-refractivity contribution in [2.45, 2.75) is 13.0 Å². The zero-order chi connectivity index (χ0) is 18.5. The predicted octanol–water partition coefficient (Wildman–Crippen LogP) is 4.56. The third-order valence-electron chi connectivity index (χ3n) is 3.51. The number of ether oxygens (including phenoxy) is 1. The van der Waals surface area contributed by atoms with Crippen molar-refractivity contribution in [3.63, 3.8) is 0 Å². The Kier molecular flexibility index (Phi) is 6.03. The van der Waals surface area contributed by atoms with Crippen molar-refractivity contribution in [3.05, 3.63) is 63.4 Å². The lowest BCUT2D eigenvalue weighted by atomic mass is 10.1. The molecule has 0 radical (unpaired) electrons. The molecule has 0 saturated carbocycles. The van der Waals surface area contributed by atoms with Crippen LogP contribution in [0.2, 0.25) is 5.02 Å². The number of amides is 1. The van der Waals surface area contributed by atoms with E-state index >= 15 is 0 Å². The number of aromatic nitrogens is 1. The number of rotatable bonds is 6. The summed E-state index contributed by atoms with van der Waals surface area (Å²) in [5, 5.41) is 7.69. The fraction of sp³-hybridized carbons (Fsp3) is 0.167. The van der Waals surface area contributed by atoms with E-state index < -0.39 is 5.97 Å². The van der Waals surface area contributed by atoms with Crippen LogP contribution in [0.25, 0.3) is 9.88 Å². The number of hydrogen-bond donors (Lipinski definition) is 1. The smallest absolute Gasteiger partial charge is 0.358 e. The first-order chi connectivity index (χ1) is 12.5. The number of carbonyl (C=O) groups excluding carboxylic acids is 2. The average Bonchev–Trinajstić information content (AvgIpc) is 3.30. The molecule has 0 aliphatic carbocycles. The van der Waals surface area contributed by atoms with Gasteiger partial charge in [-0.3, -0.25) is 4.79 Å². The summed E-state index contributed by atoms with van der Waals surface area (Å²) in [5.41, 5.74) is 1.08. The molecule has 2 aromatic heterocycles. The Balaban J connectivity index is 1.52. The van der Waals surface area contributed by atoms with Crippen molar-refractivity contribution in [1.82, 2.24) is 10.3 Å². The molecule has 0 unspecified atom stereocenters. The Bertz CT molecular complexity index is 909. The largest absolute Gasteiger partial charge is 0.451 e. The minimum atomic E-state index is -0.616. The molecule has 3 rings (SSSR count). The summed E-state index contributed by atoms with van der Waals surface area (Å²) in [4.78, 5) is 29.3. The van der Waals surface area contributed by atoms with E-state index in [0.29, 0.717) is 5.02 Å². The fourth-order valence-electron chi connectivity index (χ4n) is 2.23. The second-order valence-corrected chi connectivity index (χ2v) is 7.68. The SMILES string of the molecule is C[C@H](NC(=O)COC(=O)c1csc(-c2cccs2)n1)c1cccc(Cl)c1. The van der Waals surface area contributed by atoms with Crippen LogP contribution < -0.4 is 5.32 Å². The molecule has 5 nitrogen and oxygen atoms in total. The summed E-state index contributed by atoms with van der Waals surface area (Å²) in [5.74, 6) is -1.01. The van der Waals surface area contributed by atoms with E-state index in [1.54, 1.807) is 28.8 Å². The van der Waals surface area contributed by atoms with Gasteiger partial charge in [-0.15, -0.1) is 22.7 Å². The van der Waals surface area contributed by atoms with E-state index in [-0.39, 0.29) is 24.2 Å². The molecule has 0 saturated heterocycles. The number of esters is 1. The topological polar surface area (TPSA) is 68.3 Å². The van der Waals surface area contributed by atoms with Gasteiger partial charge in [0.1, 0.15) is 5.01 Å². The van der Waals surface area contributed by atoms with Crippen LogP contribution in [0.1, 0.15) is 29.0 Å². The maximum Gasteiger partial charge on any atom is 0.358 e. The first kappa shape index (κ1) is 18.6. The summed E-state index contributed by atoms with van der Waals surface area (Å²) in [7, 11) is 0. The van der Waals surface area contributed by atoms with Gasteiger partial charge < -0.3 is 10.1 Å². The molecule has 0 aliphatic rings. The van der Waals surface area contributed by atoms with E-state index in [0.717, 1.165) is 15.4 Å². The Hall–Kier alpha value is -2.22. The molecule has 0 bridgehead atoms. The first-order valence-electron chi connectivity index (χ1n) is 7.74. The summed E-state index contributed by atoms with van der Waals surface area (Å²) in [6, 6.07) is 10.8. The molecule has 3 aromatic rings. The molecule has 134 valence electrons. The van der Waals surface area contributed by atoms with E-state index in [1.807, 2.05) is 36.6 Å². The van der Waals surface area contributed by atoms with Crippen LogP contribution in [0, 0.1) is 0 Å². The van der Waals surface area contributed by atoms with Crippen LogP contribution in [0.3, 0.4) is 0 Å². The van der Waals surface area contributed by atoms with E-state index in [2.05, 4.69) is 10.3 Å². The number of thiazole rings is 1. The Morgan fingerprint density at radius 1 is 1.27 bits per heavy atom. The minimum Gasteiger partial charge on any atom is -0.451 e. The summed E-state index contributed by atoms with van der Waals surface area (Å²) in [6.45, 7) is 1.47. The van der Waals surface area contributed by atoms with Crippen LogP contribution in [-0.4, -0.2) is 23.5 Å². The highest BCUT2D eigenvalue weighted by molar-refractivity contribution is 7.20. The molecule has 1 amide bonds. The van der Waals surface area contributed by atoms with Crippen LogP contribution in [-0.2, 0) is 9.53 Å². The molecule has 2 heterocycles. The van der Waals surface area contributed by atoms with Crippen molar-refractivity contribution in [1.29, 1.82) is 0 Å². The molecule has 1 aromatic carbocycles. The quantitative estimate of drug-likeness (QED) is 0.609. The van der Waals surface area contributed by atoms with Crippen LogP contribution in [0.5, 0.6) is 0 Å². The number of carbonyl (C=O) groups is 2. The van der Waals surface area contributed by atoms with Crippen molar-refractivity contribution in [2.24, 2.45) is 0 Å². The highest BCUT2D eigenvalue weighted by atomic mass is 35.5. The zero-order valence-electron chi connectivity index (χ0n) is 13.8. The number of thiophene rings is 1. The third kappa shape index (κ3) is 4.69. The van der Waals surface area contributed by atoms with Crippen LogP contribution in [0.15, 0.2) is 47.2 Å². The molecule has 0 fully saturated rings. The van der Waals surface area contributed by atoms with Crippen molar-refractivity contribution < 1.29 is 14.3 Å². The Morgan fingerprint density at radius 3 is 2.85 bits per heavy atom. The van der Waals surface area contributed by atoms with Crippen molar-refractivity contribution >= 4 is 46.2 Å². The number of benzene rings is 1.